The molecule has 1 aromatic heterocycles. The average molecular weight is 344 g/mol. The minimum Gasteiger partial charge on any atom is -0.303 e. The molecule has 21 heavy (non-hydrogen) atoms. The molecule has 2 heterocycles. The third-order valence-electron chi connectivity index (χ3n) is 3.39. The van der Waals surface area contributed by atoms with Crippen LogP contribution < -0.4 is 10.4 Å². The second-order valence-electron chi connectivity index (χ2n) is 4.79. The van der Waals surface area contributed by atoms with Gasteiger partial charge in [-0.2, -0.15) is 0 Å². The number of pyridine rings is 1. The lowest BCUT2D eigenvalue weighted by Gasteiger charge is -2.23. The molecule has 1 aliphatic rings. The van der Waals surface area contributed by atoms with Crippen LogP contribution in [0.3, 0.4) is 0 Å². The molecule has 0 fully saturated rings. The summed E-state index contributed by atoms with van der Waals surface area (Å²) in [5, 5.41) is 1.78. The average Bonchev–Trinajstić information content (AvgIpc) is 2.93. The molecule has 106 valence electrons. The van der Waals surface area contributed by atoms with Gasteiger partial charge < -0.3 is 10.2 Å². The van der Waals surface area contributed by atoms with Gasteiger partial charge in [0, 0.05) is 16.9 Å². The maximum atomic E-state index is 11.5. The van der Waals surface area contributed by atoms with E-state index < -0.39 is 0 Å². The van der Waals surface area contributed by atoms with Crippen molar-refractivity contribution in [1.29, 1.82) is 0 Å². The van der Waals surface area contributed by atoms with Gasteiger partial charge in [-0.15, -0.1) is 0 Å². The molecule has 0 radical (unpaired) electrons. The first-order chi connectivity index (χ1) is 10.3. The zero-order valence-electron chi connectivity index (χ0n) is 11.2. The van der Waals surface area contributed by atoms with Crippen molar-refractivity contribution in [3.8, 4) is 0 Å². The van der Waals surface area contributed by atoms with Crippen LogP contribution in [-0.4, -0.2) is 17.3 Å². The van der Waals surface area contributed by atoms with E-state index in [1.54, 1.807) is 11.2 Å². The maximum Gasteiger partial charge on any atom is 0.148 e. The number of nitrogens with zero attached hydrogens (tertiary/aromatic N) is 2. The summed E-state index contributed by atoms with van der Waals surface area (Å²) >= 11 is 3.42. The Hall–Kier alpha value is -2.14. The summed E-state index contributed by atoms with van der Waals surface area (Å²) in [5.41, 5.74) is 5.32. The van der Waals surface area contributed by atoms with Crippen LogP contribution >= 0.6 is 15.9 Å². The van der Waals surface area contributed by atoms with E-state index in [1.165, 1.54) is 5.56 Å². The van der Waals surface area contributed by atoms with Gasteiger partial charge in [-0.3, -0.25) is 5.01 Å². The fourth-order valence-corrected chi connectivity index (χ4v) is 2.59. The molecule has 0 saturated carbocycles. The van der Waals surface area contributed by atoms with Crippen molar-refractivity contribution in [1.82, 2.24) is 10.4 Å². The fraction of sp³-hybridized carbons (Fsp3) is 0.125. The molecule has 2 aromatic rings. The number of anilines is 1. The molecule has 4 nitrogen and oxygen atoms in total. The summed E-state index contributed by atoms with van der Waals surface area (Å²) < 4.78 is 1.05. The standard InChI is InChI=1S/C16H14BrN3O/c17-14-6-4-12(5-7-14)9-13-10-19-20(15(13)11-21)16-3-1-2-8-18-16/h1-8,10-11,15,19H,9H2. The van der Waals surface area contributed by atoms with Crippen LogP contribution in [0, 0.1) is 0 Å². The largest absolute Gasteiger partial charge is 0.303 e. The minimum atomic E-state index is -0.330. The van der Waals surface area contributed by atoms with Gasteiger partial charge in [0.1, 0.15) is 18.1 Å². The van der Waals surface area contributed by atoms with Gasteiger partial charge >= 0.3 is 0 Å². The van der Waals surface area contributed by atoms with Gasteiger partial charge in [0.2, 0.25) is 0 Å². The first-order valence-corrected chi connectivity index (χ1v) is 7.42. The summed E-state index contributed by atoms with van der Waals surface area (Å²) in [6, 6.07) is 13.4. The number of aldehydes is 1. The summed E-state index contributed by atoms with van der Waals surface area (Å²) in [6.07, 6.45) is 5.27. The third kappa shape index (κ3) is 2.97. The molecule has 0 spiro atoms. The summed E-state index contributed by atoms with van der Waals surface area (Å²) in [5.74, 6) is 0.733. The molecule has 5 heteroatoms. The van der Waals surface area contributed by atoms with E-state index in [1.807, 2.05) is 36.5 Å². The third-order valence-corrected chi connectivity index (χ3v) is 3.92. The minimum absolute atomic E-state index is 0.330. The Morgan fingerprint density at radius 1 is 1.24 bits per heavy atom. The number of aromatic nitrogens is 1. The molecule has 0 saturated heterocycles. The van der Waals surface area contributed by atoms with E-state index in [0.29, 0.717) is 0 Å². The molecule has 0 aliphatic carbocycles. The SMILES string of the molecule is O=CC1C(Cc2ccc(Br)cc2)=CNN1c1ccccn1. The number of hydrogen-bond acceptors (Lipinski definition) is 4. The van der Waals surface area contributed by atoms with Crippen LogP contribution in [0.2, 0.25) is 0 Å². The predicted octanol–water partition coefficient (Wildman–Crippen LogP) is 2.86. The second-order valence-corrected chi connectivity index (χ2v) is 5.71. The number of rotatable bonds is 4. The number of hydrazine groups is 1. The quantitative estimate of drug-likeness (QED) is 0.867. The van der Waals surface area contributed by atoms with Crippen LogP contribution in [0.1, 0.15) is 5.56 Å². The van der Waals surface area contributed by atoms with Gasteiger partial charge in [0.25, 0.3) is 0 Å². The van der Waals surface area contributed by atoms with Gasteiger partial charge in [0.05, 0.1) is 0 Å². The Labute approximate surface area is 131 Å². The van der Waals surface area contributed by atoms with E-state index in [9.17, 15) is 4.79 Å². The maximum absolute atomic E-state index is 11.5. The highest BCUT2D eigenvalue weighted by Crippen LogP contribution is 2.23. The highest BCUT2D eigenvalue weighted by Gasteiger charge is 2.28. The Bertz CT molecular complexity index is 655. The zero-order valence-corrected chi connectivity index (χ0v) is 12.8. The van der Waals surface area contributed by atoms with E-state index >= 15 is 0 Å². The van der Waals surface area contributed by atoms with E-state index in [0.717, 1.165) is 28.6 Å². The fourth-order valence-electron chi connectivity index (χ4n) is 2.33. The highest BCUT2D eigenvalue weighted by molar-refractivity contribution is 9.10. The molecule has 0 amide bonds. The highest BCUT2D eigenvalue weighted by atomic mass is 79.9. The molecule has 1 atom stereocenters. The Morgan fingerprint density at radius 3 is 2.71 bits per heavy atom. The molecule has 1 unspecified atom stereocenters. The molecular formula is C16H14BrN3O. The second kappa shape index (κ2) is 6.10. The lowest BCUT2D eigenvalue weighted by atomic mass is 10.0. The van der Waals surface area contributed by atoms with Crippen LogP contribution in [0.15, 0.2) is 64.9 Å². The topological polar surface area (TPSA) is 45.2 Å². The monoisotopic (exact) mass is 343 g/mol. The van der Waals surface area contributed by atoms with Crippen molar-refractivity contribution in [3.63, 3.8) is 0 Å². The molecule has 3 rings (SSSR count). The van der Waals surface area contributed by atoms with Crippen molar-refractivity contribution in [2.24, 2.45) is 0 Å². The Kier molecular flexibility index (Phi) is 4.01. The van der Waals surface area contributed by atoms with Crippen molar-refractivity contribution in [3.05, 3.63) is 70.5 Å². The summed E-state index contributed by atoms with van der Waals surface area (Å²) in [6.45, 7) is 0. The molecule has 1 aromatic carbocycles. The lowest BCUT2D eigenvalue weighted by molar-refractivity contribution is -0.108. The normalized spacial score (nSPS) is 17.3. The van der Waals surface area contributed by atoms with Gasteiger partial charge in [-0.05, 0) is 41.8 Å². The lowest BCUT2D eigenvalue weighted by Crippen LogP contribution is -2.40. The first kappa shape index (κ1) is 13.8. The molecular weight excluding hydrogens is 330 g/mol. The Morgan fingerprint density at radius 2 is 2.05 bits per heavy atom. The van der Waals surface area contributed by atoms with Gasteiger partial charge in [-0.1, -0.05) is 34.1 Å². The smallest absolute Gasteiger partial charge is 0.148 e. The molecule has 0 bridgehead atoms. The van der Waals surface area contributed by atoms with E-state index in [-0.39, 0.29) is 6.04 Å². The number of halogens is 1. The van der Waals surface area contributed by atoms with Crippen molar-refractivity contribution < 1.29 is 4.79 Å². The Balaban J connectivity index is 1.78. The van der Waals surface area contributed by atoms with Crippen LogP contribution in [0.4, 0.5) is 5.82 Å². The first-order valence-electron chi connectivity index (χ1n) is 6.63. The van der Waals surface area contributed by atoms with Crippen LogP contribution in [-0.2, 0) is 11.2 Å². The van der Waals surface area contributed by atoms with Crippen LogP contribution in [0.5, 0.6) is 0 Å². The van der Waals surface area contributed by atoms with Crippen molar-refractivity contribution >= 4 is 28.0 Å². The van der Waals surface area contributed by atoms with E-state index in [2.05, 4.69) is 38.5 Å². The van der Waals surface area contributed by atoms with Crippen molar-refractivity contribution in [2.75, 3.05) is 5.01 Å². The number of carbonyl (C=O) groups is 1. The number of benzene rings is 1. The van der Waals surface area contributed by atoms with Gasteiger partial charge in [0.15, 0.2) is 0 Å². The number of carbonyl (C=O) groups excluding carboxylic acids is 1. The van der Waals surface area contributed by atoms with E-state index in [4.69, 9.17) is 0 Å². The number of nitrogens with one attached hydrogen (secondary N) is 1. The number of hydrogen-bond donors (Lipinski definition) is 1. The predicted molar refractivity (Wildman–Crippen MR) is 85.6 cm³/mol. The van der Waals surface area contributed by atoms with Crippen LogP contribution in [0.25, 0.3) is 0 Å². The molecule has 1 aliphatic heterocycles. The molecule has 1 N–H and O–H groups in total. The van der Waals surface area contributed by atoms with Gasteiger partial charge in [-0.25, -0.2) is 4.98 Å². The van der Waals surface area contributed by atoms with Crippen molar-refractivity contribution in [2.45, 2.75) is 12.5 Å². The summed E-state index contributed by atoms with van der Waals surface area (Å²) in [7, 11) is 0. The zero-order chi connectivity index (χ0) is 14.7. The summed E-state index contributed by atoms with van der Waals surface area (Å²) in [4.78, 5) is 15.8.